The van der Waals surface area contributed by atoms with Gasteiger partial charge in [0.05, 0.1) is 5.69 Å². The Labute approximate surface area is 175 Å². The summed E-state index contributed by atoms with van der Waals surface area (Å²) in [7, 11) is 0. The Morgan fingerprint density at radius 3 is 2.65 bits per heavy atom. The lowest BCUT2D eigenvalue weighted by molar-refractivity contribution is 0.129. The lowest BCUT2D eigenvalue weighted by Gasteiger charge is -2.15. The molecule has 1 saturated carbocycles. The van der Waals surface area contributed by atoms with Gasteiger partial charge in [-0.25, -0.2) is 0 Å². The van der Waals surface area contributed by atoms with Crippen molar-refractivity contribution in [3.05, 3.63) is 17.5 Å². The average molecular weight is 477 g/mol. The van der Waals surface area contributed by atoms with Crippen LogP contribution in [0.15, 0.2) is 11.1 Å². The Kier molecular flexibility index (Phi) is 10.5. The summed E-state index contributed by atoms with van der Waals surface area (Å²) in [6.45, 7) is 13.6. The molecule has 1 aromatic rings. The van der Waals surface area contributed by atoms with Gasteiger partial charge in [-0.15, -0.1) is 24.0 Å². The van der Waals surface area contributed by atoms with Gasteiger partial charge in [0.15, 0.2) is 5.96 Å². The fourth-order valence-electron chi connectivity index (χ4n) is 3.02. The number of hydrogen-bond donors (Lipinski definition) is 2. The fraction of sp³-hybridized carbons (Fsp3) is 0.789. The molecule has 0 atom stereocenters. The van der Waals surface area contributed by atoms with Gasteiger partial charge in [0.1, 0.15) is 0 Å². The molecule has 26 heavy (non-hydrogen) atoms. The van der Waals surface area contributed by atoms with Crippen molar-refractivity contribution in [1.82, 2.24) is 20.4 Å². The van der Waals surface area contributed by atoms with E-state index in [4.69, 9.17) is 9.73 Å². The molecule has 150 valence electrons. The van der Waals surface area contributed by atoms with Gasteiger partial charge in [-0.3, -0.25) is 9.67 Å². The molecule has 0 bridgehead atoms. The Bertz CT molecular complexity index is 554. The maximum Gasteiger partial charge on any atom is 0.191 e. The Balaban J connectivity index is 0.00000338. The van der Waals surface area contributed by atoms with Gasteiger partial charge in [0, 0.05) is 45.1 Å². The summed E-state index contributed by atoms with van der Waals surface area (Å²) in [5, 5.41) is 11.3. The third kappa shape index (κ3) is 7.82. The van der Waals surface area contributed by atoms with Crippen molar-refractivity contribution >= 4 is 29.9 Å². The minimum Gasteiger partial charge on any atom is -0.382 e. The number of aliphatic imine (C=N–C) groups is 1. The van der Waals surface area contributed by atoms with E-state index in [1.54, 1.807) is 0 Å². The Morgan fingerprint density at radius 1 is 1.31 bits per heavy atom. The van der Waals surface area contributed by atoms with Crippen LogP contribution in [0.4, 0.5) is 0 Å². The molecule has 1 heterocycles. The third-order valence-electron chi connectivity index (χ3n) is 4.80. The van der Waals surface area contributed by atoms with Crippen molar-refractivity contribution in [3.8, 4) is 0 Å². The number of rotatable bonds is 11. The normalized spacial score (nSPS) is 15.5. The van der Waals surface area contributed by atoms with Gasteiger partial charge >= 0.3 is 0 Å². The minimum absolute atomic E-state index is 0. The van der Waals surface area contributed by atoms with E-state index in [9.17, 15) is 0 Å². The first-order chi connectivity index (χ1) is 12.1. The van der Waals surface area contributed by atoms with Crippen molar-refractivity contribution in [3.63, 3.8) is 0 Å². The van der Waals surface area contributed by atoms with Gasteiger partial charge in [0.2, 0.25) is 0 Å². The molecule has 0 spiro atoms. The highest BCUT2D eigenvalue weighted by atomic mass is 127. The molecule has 1 aliphatic carbocycles. The Morgan fingerprint density at radius 2 is 2.08 bits per heavy atom. The van der Waals surface area contributed by atoms with E-state index in [-0.39, 0.29) is 24.0 Å². The largest absolute Gasteiger partial charge is 0.382 e. The first-order valence-electron chi connectivity index (χ1n) is 9.69. The molecule has 7 heteroatoms. The van der Waals surface area contributed by atoms with Gasteiger partial charge in [0.25, 0.3) is 0 Å². The minimum atomic E-state index is 0. The van der Waals surface area contributed by atoms with Crippen LogP contribution in [0.25, 0.3) is 0 Å². The van der Waals surface area contributed by atoms with E-state index in [2.05, 4.69) is 47.3 Å². The predicted molar refractivity (Wildman–Crippen MR) is 118 cm³/mol. The van der Waals surface area contributed by atoms with Gasteiger partial charge in [-0.2, -0.15) is 5.10 Å². The number of guanidine groups is 1. The summed E-state index contributed by atoms with van der Waals surface area (Å²) in [4.78, 5) is 4.81. The first kappa shape index (κ1) is 23.2. The zero-order chi connectivity index (χ0) is 18.1. The van der Waals surface area contributed by atoms with Crippen LogP contribution >= 0.6 is 24.0 Å². The molecule has 0 unspecified atom stereocenters. The van der Waals surface area contributed by atoms with E-state index >= 15 is 0 Å². The second-order valence-electron chi connectivity index (χ2n) is 7.07. The molecule has 1 aromatic heterocycles. The smallest absolute Gasteiger partial charge is 0.191 e. The highest BCUT2D eigenvalue weighted by molar-refractivity contribution is 14.0. The molecule has 0 aliphatic heterocycles. The van der Waals surface area contributed by atoms with E-state index in [0.717, 1.165) is 63.9 Å². The summed E-state index contributed by atoms with van der Waals surface area (Å²) in [6.07, 6.45) is 4.71. The second-order valence-corrected chi connectivity index (χ2v) is 7.07. The fourth-order valence-corrected chi connectivity index (χ4v) is 3.02. The van der Waals surface area contributed by atoms with Crippen molar-refractivity contribution < 1.29 is 4.74 Å². The average Bonchev–Trinajstić information content (AvgIpc) is 3.28. The zero-order valence-electron chi connectivity index (χ0n) is 16.8. The van der Waals surface area contributed by atoms with Gasteiger partial charge in [-0.05, 0) is 64.9 Å². The van der Waals surface area contributed by atoms with Crippen LogP contribution in [0, 0.1) is 19.3 Å². The number of nitrogens with one attached hydrogen (secondary N) is 2. The second kappa shape index (κ2) is 11.8. The zero-order valence-corrected chi connectivity index (χ0v) is 19.1. The molecule has 0 radical (unpaired) electrons. The monoisotopic (exact) mass is 477 g/mol. The maximum absolute atomic E-state index is 5.51. The first-order valence-corrected chi connectivity index (χ1v) is 9.69. The van der Waals surface area contributed by atoms with Crippen LogP contribution in [-0.2, 0) is 11.3 Å². The van der Waals surface area contributed by atoms with Crippen LogP contribution in [0.3, 0.4) is 0 Å². The molecular formula is C19H36IN5O. The summed E-state index contributed by atoms with van der Waals surface area (Å²) in [5.74, 6) is 0.929. The van der Waals surface area contributed by atoms with Gasteiger partial charge < -0.3 is 15.4 Å². The van der Waals surface area contributed by atoms with Crippen molar-refractivity contribution in [2.45, 2.75) is 59.9 Å². The number of aromatic nitrogens is 2. The quantitative estimate of drug-likeness (QED) is 0.222. The molecular weight excluding hydrogens is 441 g/mol. The van der Waals surface area contributed by atoms with E-state index in [1.165, 1.54) is 18.5 Å². The van der Waals surface area contributed by atoms with Crippen LogP contribution in [0.1, 0.15) is 50.9 Å². The third-order valence-corrected chi connectivity index (χ3v) is 4.80. The van der Waals surface area contributed by atoms with E-state index in [1.807, 2.05) is 6.92 Å². The van der Waals surface area contributed by atoms with Crippen LogP contribution in [0.5, 0.6) is 0 Å². The van der Waals surface area contributed by atoms with Crippen LogP contribution in [-0.4, -0.2) is 48.6 Å². The number of halogens is 1. The molecule has 1 fully saturated rings. The molecule has 0 saturated heterocycles. The topological polar surface area (TPSA) is 63.5 Å². The summed E-state index contributed by atoms with van der Waals surface area (Å²) >= 11 is 0. The van der Waals surface area contributed by atoms with E-state index < -0.39 is 0 Å². The SMILES string of the molecule is CCNC(=NCC1(CCOCC)CC1)NCCCn1nc(C)cc1C.I. The number of ether oxygens (including phenoxy) is 1. The molecule has 6 nitrogen and oxygen atoms in total. The van der Waals surface area contributed by atoms with Crippen molar-refractivity contribution in [2.75, 3.05) is 32.8 Å². The number of hydrogen-bond acceptors (Lipinski definition) is 3. The summed E-state index contributed by atoms with van der Waals surface area (Å²) in [6, 6.07) is 2.12. The molecule has 1 aliphatic rings. The van der Waals surface area contributed by atoms with Crippen molar-refractivity contribution in [1.29, 1.82) is 0 Å². The van der Waals surface area contributed by atoms with E-state index in [0.29, 0.717) is 5.41 Å². The lowest BCUT2D eigenvalue weighted by Crippen LogP contribution is -2.38. The molecule has 2 rings (SSSR count). The molecule has 0 aromatic carbocycles. The van der Waals surface area contributed by atoms with Gasteiger partial charge in [-0.1, -0.05) is 0 Å². The highest BCUT2D eigenvalue weighted by Gasteiger charge is 2.41. The Hall–Kier alpha value is -0.830. The highest BCUT2D eigenvalue weighted by Crippen LogP contribution is 2.48. The summed E-state index contributed by atoms with van der Waals surface area (Å²) in [5.41, 5.74) is 2.70. The number of aryl methyl sites for hydroxylation is 3. The standard InChI is InChI=1S/C19H35N5O.HI/c1-5-20-18(22-15-19(8-9-19)10-13-25-6-2)21-11-7-12-24-17(4)14-16(3)23-24;/h14H,5-13,15H2,1-4H3,(H2,20,21,22);1H. The van der Waals surface area contributed by atoms with Crippen LogP contribution in [0.2, 0.25) is 0 Å². The lowest BCUT2D eigenvalue weighted by atomic mass is 10.0. The maximum atomic E-state index is 5.51. The predicted octanol–water partition coefficient (Wildman–Crippen LogP) is 3.27. The van der Waals surface area contributed by atoms with Crippen molar-refractivity contribution in [2.24, 2.45) is 10.4 Å². The van der Waals surface area contributed by atoms with Crippen LogP contribution < -0.4 is 10.6 Å². The summed E-state index contributed by atoms with van der Waals surface area (Å²) < 4.78 is 7.59. The number of nitrogens with zero attached hydrogens (tertiary/aromatic N) is 3. The molecule has 0 amide bonds. The molecule has 2 N–H and O–H groups in total.